The maximum atomic E-state index is 9.10. The van der Waals surface area contributed by atoms with Crippen LogP contribution in [0.4, 0.5) is 0 Å². The number of rotatable bonds is 13. The Bertz CT molecular complexity index is 724. The van der Waals surface area contributed by atoms with Gasteiger partial charge in [-0.2, -0.15) is 0 Å². The molecule has 1 aromatic rings. The van der Waals surface area contributed by atoms with Crippen molar-refractivity contribution in [3.63, 3.8) is 0 Å². The minimum Gasteiger partial charge on any atom is -0.513 e. The van der Waals surface area contributed by atoms with E-state index in [0.29, 0.717) is 0 Å². The zero-order valence-electron chi connectivity index (χ0n) is 18.0. The third-order valence-corrected chi connectivity index (χ3v) is 4.60. The molecule has 0 spiro atoms. The fourth-order valence-electron chi connectivity index (χ4n) is 2.67. The first kappa shape index (κ1) is 24.9. The van der Waals surface area contributed by atoms with Crippen LogP contribution in [0.25, 0.3) is 0 Å². The fraction of sp³-hybridized carbons (Fsp3) is 0.400. The first-order chi connectivity index (χ1) is 14.0. The van der Waals surface area contributed by atoms with E-state index < -0.39 is 0 Å². The number of allylic oxidation sites excluding steroid dienone is 5. The highest BCUT2D eigenvalue weighted by molar-refractivity contribution is 6.30. The largest absolute Gasteiger partial charge is 0.513 e. The summed E-state index contributed by atoms with van der Waals surface area (Å²) in [5.41, 5.74) is 3.91. The molecule has 1 aromatic carbocycles. The van der Waals surface area contributed by atoms with E-state index in [1.54, 1.807) is 19.2 Å². The Morgan fingerprint density at radius 3 is 2.59 bits per heavy atom. The second kappa shape index (κ2) is 15.8. The number of aliphatic hydroxyl groups is 1. The third-order valence-electron chi connectivity index (χ3n) is 4.35. The van der Waals surface area contributed by atoms with E-state index in [2.05, 4.69) is 54.5 Å². The Morgan fingerprint density at radius 2 is 1.93 bits per heavy atom. The standard InChI is InChI=1S/C25H35ClN2O/c1-4-6-8-23(19-24-10-12-25(26)13-11-24)9-7-16-27-18-15-22(5-2)20-28-17-14-21(3)29/h6,8-14,17,20,27,29H,4-5,7,15-16,18-19H2,1-3H3/b8-6-,21-14+,22-20+,23-9+,28-17-. The minimum absolute atomic E-state index is 0.263. The monoisotopic (exact) mass is 414 g/mol. The summed E-state index contributed by atoms with van der Waals surface area (Å²) < 4.78 is 0. The van der Waals surface area contributed by atoms with Gasteiger partial charge in [-0.15, -0.1) is 0 Å². The highest BCUT2D eigenvalue weighted by Crippen LogP contribution is 2.14. The minimum atomic E-state index is 0.263. The molecule has 2 N–H and O–H groups in total. The Morgan fingerprint density at radius 1 is 1.17 bits per heavy atom. The van der Waals surface area contributed by atoms with E-state index >= 15 is 0 Å². The maximum Gasteiger partial charge on any atom is 0.0907 e. The molecule has 0 amide bonds. The van der Waals surface area contributed by atoms with Gasteiger partial charge in [0.2, 0.25) is 0 Å². The third kappa shape index (κ3) is 12.9. The normalized spacial score (nSPS) is 13.7. The highest BCUT2D eigenvalue weighted by Gasteiger charge is 1.98. The van der Waals surface area contributed by atoms with E-state index in [-0.39, 0.29) is 5.76 Å². The van der Waals surface area contributed by atoms with E-state index in [4.69, 9.17) is 16.7 Å². The molecule has 0 aromatic heterocycles. The highest BCUT2D eigenvalue weighted by atomic mass is 35.5. The Kier molecular flexibility index (Phi) is 13.6. The molecule has 1 rings (SSSR count). The van der Waals surface area contributed by atoms with Crippen molar-refractivity contribution in [3.8, 4) is 0 Å². The summed E-state index contributed by atoms with van der Waals surface area (Å²) in [5.74, 6) is 0.263. The number of aliphatic hydroxyl groups excluding tert-OH is 1. The lowest BCUT2D eigenvalue weighted by atomic mass is 10.0. The van der Waals surface area contributed by atoms with Crippen molar-refractivity contribution in [2.75, 3.05) is 13.1 Å². The SMILES string of the molecule is CC/C=C\C(=C/CCNCC/C(=C/N=C\C=C(/C)O)CC)Cc1ccc(Cl)cc1. The van der Waals surface area contributed by atoms with Crippen LogP contribution in [-0.4, -0.2) is 24.4 Å². The molecule has 4 heteroatoms. The number of halogens is 1. The van der Waals surface area contributed by atoms with Gasteiger partial charge in [0.15, 0.2) is 0 Å². The van der Waals surface area contributed by atoms with Gasteiger partial charge in [0.1, 0.15) is 0 Å². The molecule has 0 aliphatic carbocycles. The molecule has 0 unspecified atom stereocenters. The number of benzene rings is 1. The lowest BCUT2D eigenvalue weighted by molar-refractivity contribution is 0.415. The average Bonchev–Trinajstić information content (AvgIpc) is 2.71. The second-order valence-electron chi connectivity index (χ2n) is 6.93. The van der Waals surface area contributed by atoms with Crippen LogP contribution in [0.5, 0.6) is 0 Å². The Hall–Kier alpha value is -2.10. The summed E-state index contributed by atoms with van der Waals surface area (Å²) >= 11 is 5.98. The van der Waals surface area contributed by atoms with Gasteiger partial charge in [-0.25, -0.2) is 0 Å². The van der Waals surface area contributed by atoms with Crippen LogP contribution in [0.1, 0.15) is 52.0 Å². The summed E-state index contributed by atoms with van der Waals surface area (Å²) in [7, 11) is 0. The van der Waals surface area contributed by atoms with Crippen molar-refractivity contribution < 1.29 is 5.11 Å². The van der Waals surface area contributed by atoms with Crippen LogP contribution in [0.2, 0.25) is 5.02 Å². The van der Waals surface area contributed by atoms with Gasteiger partial charge >= 0.3 is 0 Å². The van der Waals surface area contributed by atoms with Crippen LogP contribution in [0, 0.1) is 0 Å². The van der Waals surface area contributed by atoms with Gasteiger partial charge in [-0.05, 0) is 81.5 Å². The van der Waals surface area contributed by atoms with Gasteiger partial charge in [0.05, 0.1) is 5.76 Å². The number of hydrogen-bond acceptors (Lipinski definition) is 3. The first-order valence-corrected chi connectivity index (χ1v) is 10.8. The van der Waals surface area contributed by atoms with E-state index in [9.17, 15) is 0 Å². The lowest BCUT2D eigenvalue weighted by Gasteiger charge is -2.07. The number of nitrogens with zero attached hydrogens (tertiary/aromatic N) is 1. The van der Waals surface area contributed by atoms with E-state index in [1.807, 2.05) is 18.3 Å². The number of hydrogen-bond donors (Lipinski definition) is 2. The first-order valence-electron chi connectivity index (χ1n) is 10.4. The molecule has 158 valence electrons. The van der Waals surface area contributed by atoms with Crippen molar-refractivity contribution in [1.29, 1.82) is 0 Å². The summed E-state index contributed by atoms with van der Waals surface area (Å²) in [6, 6.07) is 8.08. The van der Waals surface area contributed by atoms with Crippen LogP contribution in [0.3, 0.4) is 0 Å². The molecule has 3 nitrogen and oxygen atoms in total. The van der Waals surface area contributed by atoms with Gasteiger partial charge in [-0.1, -0.05) is 61.4 Å². The summed E-state index contributed by atoms with van der Waals surface area (Å²) in [6.45, 7) is 7.82. The molecular weight excluding hydrogens is 380 g/mol. The van der Waals surface area contributed by atoms with Crippen molar-refractivity contribution in [3.05, 3.63) is 82.3 Å². The van der Waals surface area contributed by atoms with Gasteiger partial charge in [0.25, 0.3) is 0 Å². The summed E-state index contributed by atoms with van der Waals surface area (Å²) in [6.07, 6.45) is 16.8. The molecule has 29 heavy (non-hydrogen) atoms. The zero-order chi connectivity index (χ0) is 21.3. The number of aliphatic imine (C=N–C) groups is 1. The van der Waals surface area contributed by atoms with E-state index in [0.717, 1.165) is 50.2 Å². The van der Waals surface area contributed by atoms with Gasteiger partial charge in [0, 0.05) is 17.4 Å². The molecular formula is C25H35ClN2O. The quantitative estimate of drug-likeness (QED) is 0.158. The van der Waals surface area contributed by atoms with E-state index in [1.165, 1.54) is 16.7 Å². The zero-order valence-corrected chi connectivity index (χ0v) is 18.8. The molecule has 0 radical (unpaired) electrons. The van der Waals surface area contributed by atoms with Gasteiger partial charge in [-0.3, -0.25) is 4.99 Å². The molecule has 0 atom stereocenters. The maximum absolute atomic E-state index is 9.10. The topological polar surface area (TPSA) is 44.6 Å². The lowest BCUT2D eigenvalue weighted by Crippen LogP contribution is -2.16. The van der Waals surface area contributed by atoms with Crippen molar-refractivity contribution in [2.24, 2.45) is 4.99 Å². The van der Waals surface area contributed by atoms with Crippen LogP contribution in [0.15, 0.2) is 76.7 Å². The fourth-order valence-corrected chi connectivity index (χ4v) is 2.80. The van der Waals surface area contributed by atoms with Crippen LogP contribution in [-0.2, 0) is 6.42 Å². The Balaban J connectivity index is 2.44. The van der Waals surface area contributed by atoms with Crippen molar-refractivity contribution >= 4 is 17.8 Å². The van der Waals surface area contributed by atoms with Crippen LogP contribution < -0.4 is 5.32 Å². The molecule has 0 saturated heterocycles. The van der Waals surface area contributed by atoms with Gasteiger partial charge < -0.3 is 10.4 Å². The molecule has 0 heterocycles. The second-order valence-corrected chi connectivity index (χ2v) is 7.37. The molecule has 0 aliphatic rings. The predicted octanol–water partition coefficient (Wildman–Crippen LogP) is 6.97. The van der Waals surface area contributed by atoms with Crippen LogP contribution >= 0.6 is 11.6 Å². The average molecular weight is 415 g/mol. The van der Waals surface area contributed by atoms with Crippen molar-refractivity contribution in [2.45, 2.75) is 52.9 Å². The molecule has 0 saturated carbocycles. The predicted molar refractivity (Wildman–Crippen MR) is 128 cm³/mol. The Labute approximate surface area is 181 Å². The molecule has 0 fully saturated rings. The smallest absolute Gasteiger partial charge is 0.0907 e. The summed E-state index contributed by atoms with van der Waals surface area (Å²) in [4.78, 5) is 4.22. The summed E-state index contributed by atoms with van der Waals surface area (Å²) in [5, 5.41) is 13.4. The van der Waals surface area contributed by atoms with Crippen molar-refractivity contribution in [1.82, 2.24) is 5.32 Å². The molecule has 0 aliphatic heterocycles. The molecule has 0 bridgehead atoms. The number of nitrogens with one attached hydrogen (secondary N) is 1.